The fraction of sp³-hybridized carbons (Fsp3) is 0.357. The average Bonchev–Trinajstić information content (AvgIpc) is 2.47. The number of hydrogen-bond donors (Lipinski definition) is 2. The van der Waals surface area contributed by atoms with Crippen molar-refractivity contribution in [3.8, 4) is 6.07 Å². The number of alkyl carbamates (subject to hydrolysis) is 1. The summed E-state index contributed by atoms with van der Waals surface area (Å²) < 4.78 is 4.51. The lowest BCUT2D eigenvalue weighted by Gasteiger charge is -2.17. The number of hydrogen-bond acceptors (Lipinski definition) is 4. The first-order valence-corrected chi connectivity index (χ1v) is 6.20. The molecule has 0 heterocycles. The molecule has 1 unspecified atom stereocenters. The first-order chi connectivity index (χ1) is 9.67. The zero-order valence-corrected chi connectivity index (χ0v) is 11.3. The van der Waals surface area contributed by atoms with E-state index in [9.17, 15) is 9.59 Å². The topological polar surface area (TPSA) is 91.2 Å². The van der Waals surface area contributed by atoms with E-state index in [0.29, 0.717) is 6.42 Å². The van der Waals surface area contributed by atoms with Gasteiger partial charge in [-0.05, 0) is 5.56 Å². The molecule has 0 fully saturated rings. The maximum Gasteiger partial charge on any atom is 0.407 e. The smallest absolute Gasteiger partial charge is 0.407 e. The van der Waals surface area contributed by atoms with Gasteiger partial charge in [-0.2, -0.15) is 5.26 Å². The second-order valence-corrected chi connectivity index (χ2v) is 4.08. The van der Waals surface area contributed by atoms with Crippen LogP contribution in [0.25, 0.3) is 0 Å². The molecule has 1 aromatic carbocycles. The van der Waals surface area contributed by atoms with E-state index >= 15 is 0 Å². The molecule has 0 spiro atoms. The summed E-state index contributed by atoms with van der Waals surface area (Å²) in [6, 6.07) is 10.5. The quantitative estimate of drug-likeness (QED) is 0.757. The van der Waals surface area contributed by atoms with E-state index in [2.05, 4.69) is 15.4 Å². The van der Waals surface area contributed by atoms with Gasteiger partial charge in [0.2, 0.25) is 5.91 Å². The van der Waals surface area contributed by atoms with Crippen LogP contribution in [0, 0.1) is 11.3 Å². The Bertz CT molecular complexity index is 482. The molecule has 2 N–H and O–H groups in total. The number of nitrogens with zero attached hydrogens (tertiary/aromatic N) is 1. The lowest BCUT2D eigenvalue weighted by atomic mass is 10.1. The van der Waals surface area contributed by atoms with Crippen LogP contribution in [0.1, 0.15) is 12.0 Å². The highest BCUT2D eigenvalue weighted by Crippen LogP contribution is 2.04. The van der Waals surface area contributed by atoms with Gasteiger partial charge in [0, 0.05) is 13.0 Å². The summed E-state index contributed by atoms with van der Waals surface area (Å²) in [7, 11) is 1.24. The van der Waals surface area contributed by atoms with Crippen molar-refractivity contribution in [1.82, 2.24) is 10.6 Å². The Morgan fingerprint density at radius 2 is 2.05 bits per heavy atom. The number of rotatable bonds is 6. The van der Waals surface area contributed by atoms with Gasteiger partial charge in [0.1, 0.15) is 6.04 Å². The summed E-state index contributed by atoms with van der Waals surface area (Å²) in [5.41, 5.74) is 0.921. The van der Waals surface area contributed by atoms with Crippen molar-refractivity contribution >= 4 is 12.0 Å². The molecule has 0 bridgehead atoms. The summed E-state index contributed by atoms with van der Waals surface area (Å²) in [5, 5.41) is 13.5. The fourth-order valence-electron chi connectivity index (χ4n) is 1.63. The van der Waals surface area contributed by atoms with E-state index in [1.807, 2.05) is 36.4 Å². The molecule has 0 aliphatic carbocycles. The van der Waals surface area contributed by atoms with Crippen molar-refractivity contribution < 1.29 is 14.3 Å². The minimum atomic E-state index is -0.733. The van der Waals surface area contributed by atoms with Crippen LogP contribution in [0.2, 0.25) is 0 Å². The molecule has 0 aromatic heterocycles. The van der Waals surface area contributed by atoms with Crippen LogP contribution < -0.4 is 10.6 Å². The zero-order valence-electron chi connectivity index (χ0n) is 11.3. The summed E-state index contributed by atoms with van der Waals surface area (Å²) in [6.07, 6.45) is -0.0857. The number of nitrogens with one attached hydrogen (secondary N) is 2. The van der Waals surface area contributed by atoms with Crippen LogP contribution in [-0.4, -0.2) is 31.7 Å². The van der Waals surface area contributed by atoms with Crippen molar-refractivity contribution in [3.05, 3.63) is 35.9 Å². The number of methoxy groups -OCH3 is 1. The van der Waals surface area contributed by atoms with Crippen LogP contribution in [0.4, 0.5) is 4.79 Å². The van der Waals surface area contributed by atoms with Gasteiger partial charge in [0.25, 0.3) is 0 Å². The summed E-state index contributed by atoms with van der Waals surface area (Å²) in [6.45, 7) is 0.253. The molecule has 1 rings (SSSR count). The monoisotopic (exact) mass is 275 g/mol. The summed E-state index contributed by atoms with van der Waals surface area (Å²) in [5.74, 6) is -0.338. The van der Waals surface area contributed by atoms with E-state index in [1.54, 1.807) is 0 Å². The molecule has 6 nitrogen and oxygen atoms in total. The van der Waals surface area contributed by atoms with Gasteiger partial charge in [-0.1, -0.05) is 30.3 Å². The minimum absolute atomic E-state index is 0.224. The first-order valence-electron chi connectivity index (χ1n) is 6.20. The Labute approximate surface area is 117 Å². The zero-order chi connectivity index (χ0) is 14.8. The van der Waals surface area contributed by atoms with Crippen molar-refractivity contribution in [2.24, 2.45) is 0 Å². The van der Waals surface area contributed by atoms with Crippen LogP contribution in [0.5, 0.6) is 0 Å². The van der Waals surface area contributed by atoms with E-state index in [1.165, 1.54) is 7.11 Å². The number of ether oxygens (including phenoxy) is 1. The highest BCUT2D eigenvalue weighted by atomic mass is 16.5. The molecule has 0 saturated heterocycles. The molecule has 0 aliphatic heterocycles. The molecular weight excluding hydrogens is 258 g/mol. The standard InChI is InChI=1S/C14H17N3O3/c1-20-14(19)17-12(13(18)16-9-5-8-15)10-11-6-3-2-4-7-11/h2-4,6-7,12H,5,9-10H2,1H3,(H,16,18)(H,17,19). The summed E-state index contributed by atoms with van der Waals surface area (Å²) >= 11 is 0. The molecule has 106 valence electrons. The normalized spacial score (nSPS) is 11.0. The molecular formula is C14H17N3O3. The fourth-order valence-corrected chi connectivity index (χ4v) is 1.63. The third kappa shape index (κ3) is 5.40. The van der Waals surface area contributed by atoms with Crippen molar-refractivity contribution in [3.63, 3.8) is 0 Å². The Morgan fingerprint density at radius 3 is 2.65 bits per heavy atom. The van der Waals surface area contributed by atoms with Crippen LogP contribution in [0.15, 0.2) is 30.3 Å². The molecule has 1 aromatic rings. The van der Waals surface area contributed by atoms with Crippen molar-refractivity contribution in [2.75, 3.05) is 13.7 Å². The Balaban J connectivity index is 2.67. The van der Waals surface area contributed by atoms with Gasteiger partial charge in [-0.25, -0.2) is 4.79 Å². The highest BCUT2D eigenvalue weighted by Gasteiger charge is 2.21. The minimum Gasteiger partial charge on any atom is -0.453 e. The highest BCUT2D eigenvalue weighted by molar-refractivity contribution is 5.85. The van der Waals surface area contributed by atoms with Gasteiger partial charge < -0.3 is 15.4 Å². The number of carbonyl (C=O) groups is 2. The van der Waals surface area contributed by atoms with Gasteiger partial charge in [0.05, 0.1) is 19.6 Å². The predicted molar refractivity (Wildman–Crippen MR) is 72.7 cm³/mol. The number of benzene rings is 1. The van der Waals surface area contributed by atoms with Crippen LogP contribution >= 0.6 is 0 Å². The molecule has 20 heavy (non-hydrogen) atoms. The number of carbonyl (C=O) groups excluding carboxylic acids is 2. The number of amides is 2. The third-order valence-corrected chi connectivity index (χ3v) is 2.61. The van der Waals surface area contributed by atoms with Crippen LogP contribution in [0.3, 0.4) is 0 Å². The lowest BCUT2D eigenvalue weighted by molar-refractivity contribution is -0.123. The van der Waals surface area contributed by atoms with Crippen molar-refractivity contribution in [1.29, 1.82) is 5.26 Å². The Morgan fingerprint density at radius 1 is 1.35 bits per heavy atom. The molecule has 6 heteroatoms. The molecule has 0 aliphatic rings. The summed E-state index contributed by atoms with van der Waals surface area (Å²) in [4.78, 5) is 23.3. The largest absolute Gasteiger partial charge is 0.453 e. The first kappa shape index (κ1) is 15.5. The van der Waals surface area contributed by atoms with Gasteiger partial charge >= 0.3 is 6.09 Å². The van der Waals surface area contributed by atoms with Crippen molar-refractivity contribution in [2.45, 2.75) is 18.9 Å². The third-order valence-electron chi connectivity index (χ3n) is 2.61. The molecule has 0 saturated carbocycles. The van der Waals surface area contributed by atoms with E-state index in [4.69, 9.17) is 5.26 Å². The van der Waals surface area contributed by atoms with E-state index in [-0.39, 0.29) is 18.9 Å². The molecule has 0 radical (unpaired) electrons. The van der Waals surface area contributed by atoms with E-state index < -0.39 is 12.1 Å². The van der Waals surface area contributed by atoms with Gasteiger partial charge in [-0.3, -0.25) is 4.79 Å². The van der Waals surface area contributed by atoms with E-state index in [0.717, 1.165) is 5.56 Å². The Kier molecular flexibility index (Phi) is 6.62. The average molecular weight is 275 g/mol. The van der Waals surface area contributed by atoms with Gasteiger partial charge in [-0.15, -0.1) is 0 Å². The Hall–Kier alpha value is -2.55. The predicted octanol–water partition coefficient (Wildman–Crippen LogP) is 0.984. The van der Waals surface area contributed by atoms with Crippen LogP contribution in [-0.2, 0) is 16.0 Å². The SMILES string of the molecule is COC(=O)NC(Cc1ccccc1)C(=O)NCCC#N. The number of nitriles is 1. The van der Waals surface area contributed by atoms with Gasteiger partial charge in [0.15, 0.2) is 0 Å². The maximum atomic E-state index is 12.0. The molecule has 1 atom stereocenters. The second kappa shape index (κ2) is 8.53. The second-order valence-electron chi connectivity index (χ2n) is 4.08. The molecule has 2 amide bonds. The lowest BCUT2D eigenvalue weighted by Crippen LogP contribution is -2.48. The maximum absolute atomic E-state index is 12.0.